The Kier molecular flexibility index (Phi) is 4.15. The standard InChI is InChI=1S/C13H16FNO3/c14-10-4-1-5-11(7-10)15-12(13(16)17)9-3-2-6-18-8-9/h1,4-5,7,9,12,15H,2-3,6,8H2,(H,16,17). The quantitative estimate of drug-likeness (QED) is 0.863. The van der Waals surface area contributed by atoms with E-state index in [1.54, 1.807) is 12.1 Å². The minimum Gasteiger partial charge on any atom is -0.480 e. The Morgan fingerprint density at radius 1 is 1.56 bits per heavy atom. The Labute approximate surface area is 105 Å². The molecule has 0 bridgehead atoms. The van der Waals surface area contributed by atoms with Gasteiger partial charge in [0.2, 0.25) is 0 Å². The highest BCUT2D eigenvalue weighted by atomic mass is 19.1. The second-order valence-electron chi connectivity index (χ2n) is 4.45. The fraction of sp³-hybridized carbons (Fsp3) is 0.462. The number of carbonyl (C=O) groups is 1. The highest BCUT2D eigenvalue weighted by Gasteiger charge is 2.29. The molecular formula is C13H16FNO3. The molecule has 0 saturated carbocycles. The van der Waals surface area contributed by atoms with Gasteiger partial charge in [-0.15, -0.1) is 0 Å². The Hall–Kier alpha value is -1.62. The molecule has 4 nitrogen and oxygen atoms in total. The highest BCUT2D eigenvalue weighted by Crippen LogP contribution is 2.21. The van der Waals surface area contributed by atoms with Crippen LogP contribution < -0.4 is 5.32 Å². The highest BCUT2D eigenvalue weighted by molar-refractivity contribution is 5.77. The second kappa shape index (κ2) is 5.82. The number of halogens is 1. The first-order valence-electron chi connectivity index (χ1n) is 5.99. The third kappa shape index (κ3) is 3.20. The topological polar surface area (TPSA) is 58.6 Å². The first-order chi connectivity index (χ1) is 8.66. The van der Waals surface area contributed by atoms with Crippen LogP contribution in [0.4, 0.5) is 10.1 Å². The summed E-state index contributed by atoms with van der Waals surface area (Å²) in [5.41, 5.74) is 0.480. The zero-order valence-corrected chi connectivity index (χ0v) is 9.93. The lowest BCUT2D eigenvalue weighted by atomic mass is 9.93. The van der Waals surface area contributed by atoms with E-state index in [4.69, 9.17) is 4.74 Å². The predicted octanol–water partition coefficient (Wildman–Crippen LogP) is 2.12. The van der Waals surface area contributed by atoms with Crippen molar-refractivity contribution in [3.8, 4) is 0 Å². The van der Waals surface area contributed by atoms with Crippen LogP contribution in [0, 0.1) is 11.7 Å². The van der Waals surface area contributed by atoms with Crippen LogP contribution in [0.1, 0.15) is 12.8 Å². The van der Waals surface area contributed by atoms with Gasteiger partial charge in [-0.2, -0.15) is 0 Å². The third-order valence-corrected chi connectivity index (χ3v) is 3.08. The Bertz CT molecular complexity index is 418. The summed E-state index contributed by atoms with van der Waals surface area (Å²) in [5, 5.41) is 12.1. The summed E-state index contributed by atoms with van der Waals surface area (Å²) >= 11 is 0. The molecule has 2 atom stereocenters. The number of carboxylic acids is 1. The Morgan fingerprint density at radius 3 is 3.00 bits per heavy atom. The summed E-state index contributed by atoms with van der Waals surface area (Å²) in [6.07, 6.45) is 1.67. The van der Waals surface area contributed by atoms with Crippen molar-refractivity contribution in [2.75, 3.05) is 18.5 Å². The van der Waals surface area contributed by atoms with E-state index in [1.165, 1.54) is 12.1 Å². The maximum Gasteiger partial charge on any atom is 0.326 e. The van der Waals surface area contributed by atoms with Crippen molar-refractivity contribution in [2.45, 2.75) is 18.9 Å². The molecule has 0 aromatic heterocycles. The van der Waals surface area contributed by atoms with Gasteiger partial charge < -0.3 is 15.2 Å². The lowest BCUT2D eigenvalue weighted by Gasteiger charge is -2.28. The molecule has 2 N–H and O–H groups in total. The van der Waals surface area contributed by atoms with Crippen molar-refractivity contribution in [2.24, 2.45) is 5.92 Å². The van der Waals surface area contributed by atoms with Crippen LogP contribution in [0.3, 0.4) is 0 Å². The molecule has 0 amide bonds. The number of carboxylic acid groups (broad SMARTS) is 1. The number of benzene rings is 1. The molecule has 1 heterocycles. The van der Waals surface area contributed by atoms with Crippen molar-refractivity contribution in [1.29, 1.82) is 0 Å². The summed E-state index contributed by atoms with van der Waals surface area (Å²) in [4.78, 5) is 11.3. The third-order valence-electron chi connectivity index (χ3n) is 3.08. The van der Waals surface area contributed by atoms with E-state index in [0.29, 0.717) is 18.9 Å². The van der Waals surface area contributed by atoms with E-state index >= 15 is 0 Å². The Morgan fingerprint density at radius 2 is 2.39 bits per heavy atom. The first kappa shape index (κ1) is 12.8. The number of hydrogen-bond donors (Lipinski definition) is 2. The van der Waals surface area contributed by atoms with Gasteiger partial charge in [-0.05, 0) is 31.0 Å². The van der Waals surface area contributed by atoms with Crippen LogP contribution in [0.2, 0.25) is 0 Å². The molecule has 5 heteroatoms. The van der Waals surface area contributed by atoms with Gasteiger partial charge in [0, 0.05) is 18.2 Å². The molecule has 18 heavy (non-hydrogen) atoms. The molecule has 2 unspecified atom stereocenters. The minimum atomic E-state index is -0.935. The van der Waals surface area contributed by atoms with Gasteiger partial charge in [0.05, 0.1) is 6.61 Å². The molecule has 1 aliphatic rings. The van der Waals surface area contributed by atoms with Gasteiger partial charge in [-0.25, -0.2) is 9.18 Å². The van der Waals surface area contributed by atoms with Crippen molar-refractivity contribution in [3.05, 3.63) is 30.1 Å². The van der Waals surface area contributed by atoms with Gasteiger partial charge in [-0.3, -0.25) is 0 Å². The van der Waals surface area contributed by atoms with E-state index in [-0.39, 0.29) is 11.7 Å². The maximum atomic E-state index is 13.0. The molecule has 1 saturated heterocycles. The molecule has 1 fully saturated rings. The molecule has 1 aromatic rings. The summed E-state index contributed by atoms with van der Waals surface area (Å²) in [5.74, 6) is -1.40. The van der Waals surface area contributed by atoms with E-state index < -0.39 is 12.0 Å². The fourth-order valence-corrected chi connectivity index (χ4v) is 2.17. The molecule has 0 spiro atoms. The van der Waals surface area contributed by atoms with Gasteiger partial charge in [0.1, 0.15) is 11.9 Å². The van der Waals surface area contributed by atoms with Crippen molar-refractivity contribution in [1.82, 2.24) is 0 Å². The normalized spacial score (nSPS) is 21.3. The lowest BCUT2D eigenvalue weighted by Crippen LogP contribution is -2.41. The van der Waals surface area contributed by atoms with Gasteiger partial charge in [0.25, 0.3) is 0 Å². The summed E-state index contributed by atoms with van der Waals surface area (Å²) in [7, 11) is 0. The molecule has 2 rings (SSSR count). The monoisotopic (exact) mass is 253 g/mol. The van der Waals surface area contributed by atoms with E-state index in [2.05, 4.69) is 5.32 Å². The number of anilines is 1. The summed E-state index contributed by atoms with van der Waals surface area (Å²) in [6.45, 7) is 1.11. The largest absolute Gasteiger partial charge is 0.480 e. The SMILES string of the molecule is O=C(O)C(Nc1cccc(F)c1)C1CCCOC1. The zero-order valence-electron chi connectivity index (χ0n) is 9.93. The van der Waals surface area contributed by atoms with E-state index in [0.717, 1.165) is 12.8 Å². The molecular weight excluding hydrogens is 237 g/mol. The van der Waals surface area contributed by atoms with Crippen molar-refractivity contribution < 1.29 is 19.0 Å². The van der Waals surface area contributed by atoms with Crippen LogP contribution in [0.15, 0.2) is 24.3 Å². The lowest BCUT2D eigenvalue weighted by molar-refractivity contribution is -0.140. The average Bonchev–Trinajstić information content (AvgIpc) is 2.37. The molecule has 1 aromatic carbocycles. The smallest absolute Gasteiger partial charge is 0.326 e. The zero-order chi connectivity index (χ0) is 13.0. The number of hydrogen-bond acceptors (Lipinski definition) is 3. The van der Waals surface area contributed by atoms with Crippen LogP contribution in [-0.4, -0.2) is 30.3 Å². The summed E-state index contributed by atoms with van der Waals surface area (Å²) in [6, 6.07) is 5.08. The molecule has 0 radical (unpaired) electrons. The van der Waals surface area contributed by atoms with Gasteiger partial charge >= 0.3 is 5.97 Å². The van der Waals surface area contributed by atoms with Crippen LogP contribution in [0.5, 0.6) is 0 Å². The van der Waals surface area contributed by atoms with Crippen LogP contribution >= 0.6 is 0 Å². The number of ether oxygens (including phenoxy) is 1. The fourth-order valence-electron chi connectivity index (χ4n) is 2.17. The predicted molar refractivity (Wildman–Crippen MR) is 65.0 cm³/mol. The average molecular weight is 253 g/mol. The molecule has 1 aliphatic heterocycles. The van der Waals surface area contributed by atoms with Gasteiger partial charge in [0.15, 0.2) is 0 Å². The van der Waals surface area contributed by atoms with Gasteiger partial charge in [-0.1, -0.05) is 6.07 Å². The summed E-state index contributed by atoms with van der Waals surface area (Å²) < 4.78 is 18.3. The molecule has 0 aliphatic carbocycles. The van der Waals surface area contributed by atoms with E-state index in [1.807, 2.05) is 0 Å². The second-order valence-corrected chi connectivity index (χ2v) is 4.45. The van der Waals surface area contributed by atoms with Crippen LogP contribution in [-0.2, 0) is 9.53 Å². The number of nitrogens with one attached hydrogen (secondary N) is 1. The first-order valence-corrected chi connectivity index (χ1v) is 5.99. The van der Waals surface area contributed by atoms with Crippen LogP contribution in [0.25, 0.3) is 0 Å². The molecule has 98 valence electrons. The van der Waals surface area contributed by atoms with E-state index in [9.17, 15) is 14.3 Å². The maximum absolute atomic E-state index is 13.0. The number of rotatable bonds is 4. The van der Waals surface area contributed by atoms with Crippen molar-refractivity contribution in [3.63, 3.8) is 0 Å². The minimum absolute atomic E-state index is 0.0838. The van der Waals surface area contributed by atoms with Crippen molar-refractivity contribution >= 4 is 11.7 Å². The Balaban J connectivity index is 2.08. The number of aliphatic carboxylic acids is 1.